The molecule has 3 aromatic carbocycles. The molecule has 0 heterocycles. The molecule has 5 nitrogen and oxygen atoms in total. The summed E-state index contributed by atoms with van der Waals surface area (Å²) in [7, 11) is 0. The lowest BCUT2D eigenvalue weighted by molar-refractivity contribution is -0.112. The SMILES string of the molecule is N#C/C(=C\c1cc(Br)ccc1OCc1ccccc1C#N)C(=O)Nc1ccc(Cl)cc1. The van der Waals surface area contributed by atoms with Crippen molar-refractivity contribution in [2.24, 2.45) is 0 Å². The number of nitriles is 2. The first kappa shape index (κ1) is 22.1. The quantitative estimate of drug-likeness (QED) is 0.333. The third-order valence-electron chi connectivity index (χ3n) is 4.26. The molecule has 7 heteroatoms. The Balaban J connectivity index is 1.85. The van der Waals surface area contributed by atoms with Gasteiger partial charge in [-0.1, -0.05) is 45.7 Å². The van der Waals surface area contributed by atoms with Crippen LogP contribution >= 0.6 is 27.5 Å². The molecular weight excluding hydrogens is 478 g/mol. The number of hydrogen-bond acceptors (Lipinski definition) is 4. The van der Waals surface area contributed by atoms with Crippen molar-refractivity contribution in [3.05, 3.63) is 98.5 Å². The normalized spacial score (nSPS) is 10.6. The van der Waals surface area contributed by atoms with Crippen molar-refractivity contribution >= 4 is 45.2 Å². The molecule has 3 aromatic rings. The van der Waals surface area contributed by atoms with Crippen LogP contribution in [0.5, 0.6) is 5.75 Å². The number of carbonyl (C=O) groups excluding carboxylic acids is 1. The van der Waals surface area contributed by atoms with E-state index in [9.17, 15) is 15.3 Å². The summed E-state index contributed by atoms with van der Waals surface area (Å²) in [5.74, 6) is -0.0754. The minimum atomic E-state index is -0.550. The van der Waals surface area contributed by atoms with Gasteiger partial charge in [-0.15, -0.1) is 0 Å². The summed E-state index contributed by atoms with van der Waals surface area (Å²) in [6.07, 6.45) is 1.46. The molecule has 0 unspecified atom stereocenters. The maximum atomic E-state index is 12.6. The van der Waals surface area contributed by atoms with Gasteiger partial charge in [-0.2, -0.15) is 10.5 Å². The molecule has 0 aliphatic rings. The summed E-state index contributed by atoms with van der Waals surface area (Å²) in [5, 5.41) is 22.0. The van der Waals surface area contributed by atoms with Crippen LogP contribution in [0.15, 0.2) is 76.8 Å². The lowest BCUT2D eigenvalue weighted by atomic mass is 10.1. The number of rotatable bonds is 6. The molecule has 0 atom stereocenters. The molecule has 152 valence electrons. The molecule has 0 fully saturated rings. The monoisotopic (exact) mass is 491 g/mol. The number of hydrogen-bond donors (Lipinski definition) is 1. The molecule has 1 N–H and O–H groups in total. The second-order valence-corrected chi connectivity index (χ2v) is 7.72. The molecule has 0 aliphatic heterocycles. The van der Waals surface area contributed by atoms with Crippen molar-refractivity contribution in [1.82, 2.24) is 0 Å². The topological polar surface area (TPSA) is 85.9 Å². The first-order chi connectivity index (χ1) is 15.0. The summed E-state index contributed by atoms with van der Waals surface area (Å²) in [6.45, 7) is 0.172. The molecule has 0 aliphatic carbocycles. The van der Waals surface area contributed by atoms with Crippen LogP contribution in [-0.4, -0.2) is 5.91 Å². The average Bonchev–Trinajstić information content (AvgIpc) is 2.78. The Morgan fingerprint density at radius 3 is 2.55 bits per heavy atom. The minimum Gasteiger partial charge on any atom is -0.488 e. The molecule has 0 spiro atoms. The highest BCUT2D eigenvalue weighted by atomic mass is 79.9. The zero-order valence-electron chi connectivity index (χ0n) is 16.1. The van der Waals surface area contributed by atoms with Crippen LogP contribution in [0.2, 0.25) is 5.02 Å². The zero-order valence-corrected chi connectivity index (χ0v) is 18.4. The van der Waals surface area contributed by atoms with Crippen LogP contribution in [0.4, 0.5) is 5.69 Å². The number of nitrogens with zero attached hydrogens (tertiary/aromatic N) is 2. The standard InChI is InChI=1S/C24H15BrClN3O2/c25-20-5-10-23(31-15-17-4-2-1-3-16(17)13-27)18(12-20)11-19(14-28)24(30)29-22-8-6-21(26)7-9-22/h1-12H,15H2,(H,29,30)/b19-11+. The van der Waals surface area contributed by atoms with Crippen molar-refractivity contribution in [3.8, 4) is 17.9 Å². The number of carbonyl (C=O) groups is 1. The highest BCUT2D eigenvalue weighted by molar-refractivity contribution is 9.10. The zero-order chi connectivity index (χ0) is 22.2. The van der Waals surface area contributed by atoms with E-state index in [1.807, 2.05) is 18.2 Å². The third-order valence-corrected chi connectivity index (χ3v) is 5.01. The van der Waals surface area contributed by atoms with Gasteiger partial charge in [-0.3, -0.25) is 4.79 Å². The van der Waals surface area contributed by atoms with E-state index in [0.29, 0.717) is 27.6 Å². The molecule has 0 bridgehead atoms. The fourth-order valence-electron chi connectivity index (χ4n) is 2.71. The Kier molecular flexibility index (Phi) is 7.45. The Morgan fingerprint density at radius 1 is 1.10 bits per heavy atom. The van der Waals surface area contributed by atoms with Crippen LogP contribution in [0.1, 0.15) is 16.7 Å². The summed E-state index contributed by atoms with van der Waals surface area (Å²) < 4.78 is 6.67. The number of anilines is 1. The highest BCUT2D eigenvalue weighted by Gasteiger charge is 2.12. The van der Waals surface area contributed by atoms with Gasteiger partial charge in [0, 0.05) is 26.3 Å². The smallest absolute Gasteiger partial charge is 0.266 e. The lowest BCUT2D eigenvalue weighted by Crippen LogP contribution is -2.13. The summed E-state index contributed by atoms with van der Waals surface area (Å²) in [6, 6.07) is 23.1. The van der Waals surface area contributed by atoms with E-state index in [1.54, 1.807) is 54.6 Å². The van der Waals surface area contributed by atoms with E-state index in [0.717, 1.165) is 10.0 Å². The van der Waals surface area contributed by atoms with E-state index >= 15 is 0 Å². The van der Waals surface area contributed by atoms with Gasteiger partial charge in [0.25, 0.3) is 5.91 Å². The first-order valence-corrected chi connectivity index (χ1v) is 10.3. The molecule has 31 heavy (non-hydrogen) atoms. The second-order valence-electron chi connectivity index (χ2n) is 6.37. The highest BCUT2D eigenvalue weighted by Crippen LogP contribution is 2.27. The molecule has 1 amide bonds. The minimum absolute atomic E-state index is 0.0877. The van der Waals surface area contributed by atoms with E-state index in [4.69, 9.17) is 16.3 Å². The van der Waals surface area contributed by atoms with Crippen LogP contribution in [0, 0.1) is 22.7 Å². The third kappa shape index (κ3) is 5.96. The van der Waals surface area contributed by atoms with Gasteiger partial charge in [-0.05, 0) is 54.6 Å². The Morgan fingerprint density at radius 2 is 1.84 bits per heavy atom. The van der Waals surface area contributed by atoms with Crippen molar-refractivity contribution in [3.63, 3.8) is 0 Å². The first-order valence-electron chi connectivity index (χ1n) is 9.09. The number of ether oxygens (including phenoxy) is 1. The number of amides is 1. The van der Waals surface area contributed by atoms with Gasteiger partial charge in [0.05, 0.1) is 11.6 Å². The summed E-state index contributed by atoms with van der Waals surface area (Å²) >= 11 is 9.26. The van der Waals surface area contributed by atoms with E-state index in [-0.39, 0.29) is 12.2 Å². The second kappa shape index (κ2) is 10.4. The van der Waals surface area contributed by atoms with Crippen molar-refractivity contribution in [1.29, 1.82) is 10.5 Å². The fraction of sp³-hybridized carbons (Fsp3) is 0.0417. The molecule has 0 saturated carbocycles. The predicted molar refractivity (Wildman–Crippen MR) is 123 cm³/mol. The number of benzene rings is 3. The van der Waals surface area contributed by atoms with E-state index in [2.05, 4.69) is 27.3 Å². The molecule has 0 radical (unpaired) electrons. The van der Waals surface area contributed by atoms with Gasteiger partial charge >= 0.3 is 0 Å². The van der Waals surface area contributed by atoms with E-state index < -0.39 is 5.91 Å². The van der Waals surface area contributed by atoms with Gasteiger partial charge in [0.1, 0.15) is 24.0 Å². The molecule has 0 aromatic heterocycles. The van der Waals surface area contributed by atoms with Crippen molar-refractivity contribution in [2.75, 3.05) is 5.32 Å². The van der Waals surface area contributed by atoms with Gasteiger partial charge in [0.2, 0.25) is 0 Å². The van der Waals surface area contributed by atoms with Crippen LogP contribution in [0.3, 0.4) is 0 Å². The maximum absolute atomic E-state index is 12.6. The number of halogens is 2. The predicted octanol–water partition coefficient (Wildman–Crippen LogP) is 6.10. The Hall–Kier alpha value is -3.58. The summed E-state index contributed by atoms with van der Waals surface area (Å²) in [5.41, 5.74) is 2.25. The van der Waals surface area contributed by atoms with Crippen LogP contribution in [0.25, 0.3) is 6.08 Å². The fourth-order valence-corrected chi connectivity index (χ4v) is 3.21. The van der Waals surface area contributed by atoms with E-state index in [1.165, 1.54) is 6.08 Å². The maximum Gasteiger partial charge on any atom is 0.266 e. The molecule has 0 saturated heterocycles. The average molecular weight is 493 g/mol. The van der Waals surface area contributed by atoms with Crippen molar-refractivity contribution in [2.45, 2.75) is 6.61 Å². The molecule has 3 rings (SSSR count). The largest absolute Gasteiger partial charge is 0.488 e. The van der Waals surface area contributed by atoms with Gasteiger partial charge in [-0.25, -0.2) is 0 Å². The number of nitrogens with one attached hydrogen (secondary N) is 1. The summed E-state index contributed by atoms with van der Waals surface area (Å²) in [4.78, 5) is 12.6. The Labute approximate surface area is 193 Å². The van der Waals surface area contributed by atoms with Gasteiger partial charge in [0.15, 0.2) is 0 Å². The van der Waals surface area contributed by atoms with Crippen molar-refractivity contribution < 1.29 is 9.53 Å². The molecular formula is C24H15BrClN3O2. The van der Waals surface area contributed by atoms with Crippen LogP contribution < -0.4 is 10.1 Å². The van der Waals surface area contributed by atoms with Crippen LogP contribution in [-0.2, 0) is 11.4 Å². The van der Waals surface area contributed by atoms with Gasteiger partial charge < -0.3 is 10.1 Å². The lowest BCUT2D eigenvalue weighted by Gasteiger charge is -2.11. The Bertz CT molecular complexity index is 1220.